The lowest BCUT2D eigenvalue weighted by atomic mass is 10.2. The number of amides is 1. The van der Waals surface area contributed by atoms with Gasteiger partial charge in [0.25, 0.3) is 15.9 Å². The van der Waals surface area contributed by atoms with Crippen LogP contribution in [0.4, 0.5) is 11.4 Å². The molecular formula is C19H22N4O5S. The van der Waals surface area contributed by atoms with E-state index in [0.717, 1.165) is 5.69 Å². The third-order valence-corrected chi connectivity index (χ3v) is 5.53. The summed E-state index contributed by atoms with van der Waals surface area (Å²) in [5.74, 6) is -1.02. The predicted octanol–water partition coefficient (Wildman–Crippen LogP) is 1.12. The average Bonchev–Trinajstić information content (AvgIpc) is 2.67. The molecule has 9 nitrogen and oxygen atoms in total. The van der Waals surface area contributed by atoms with Gasteiger partial charge >= 0.3 is 5.97 Å². The van der Waals surface area contributed by atoms with Gasteiger partial charge < -0.3 is 19.9 Å². The van der Waals surface area contributed by atoms with Crippen molar-refractivity contribution in [2.75, 3.05) is 36.6 Å². The number of esters is 1. The molecule has 0 saturated carbocycles. The first-order valence-electron chi connectivity index (χ1n) is 8.93. The minimum atomic E-state index is -3.46. The molecule has 0 fully saturated rings. The fraction of sp³-hybridized carbons (Fsp3) is 0.316. The van der Waals surface area contributed by atoms with Crippen molar-refractivity contribution in [2.24, 2.45) is 4.40 Å². The number of hydrogen-bond acceptors (Lipinski definition) is 7. The van der Waals surface area contributed by atoms with Gasteiger partial charge in [0.15, 0.2) is 6.10 Å². The molecule has 2 aliphatic rings. The van der Waals surface area contributed by atoms with Crippen molar-refractivity contribution in [1.29, 1.82) is 0 Å². The fourth-order valence-corrected chi connectivity index (χ4v) is 3.66. The van der Waals surface area contributed by atoms with Crippen molar-refractivity contribution >= 4 is 39.1 Å². The van der Waals surface area contributed by atoms with Gasteiger partial charge in [0, 0.05) is 38.2 Å². The molecule has 3 rings (SSSR count). The average molecular weight is 418 g/mol. The van der Waals surface area contributed by atoms with Gasteiger partial charge in [-0.1, -0.05) is 0 Å². The molecule has 0 saturated heterocycles. The second-order valence-electron chi connectivity index (χ2n) is 6.82. The van der Waals surface area contributed by atoms with Crippen LogP contribution in [0.25, 0.3) is 0 Å². The summed E-state index contributed by atoms with van der Waals surface area (Å²) in [6.07, 6.45) is 3.32. The van der Waals surface area contributed by atoms with Gasteiger partial charge in [0.1, 0.15) is 5.84 Å². The molecule has 1 aromatic carbocycles. The summed E-state index contributed by atoms with van der Waals surface area (Å²) in [5, 5.41) is 2.70. The number of anilines is 2. The van der Waals surface area contributed by atoms with Crippen LogP contribution in [0.2, 0.25) is 0 Å². The van der Waals surface area contributed by atoms with E-state index in [4.69, 9.17) is 4.74 Å². The molecule has 0 aromatic heterocycles. The molecule has 10 heteroatoms. The number of hydrogen-bond donors (Lipinski definition) is 1. The molecule has 0 spiro atoms. The van der Waals surface area contributed by atoms with Crippen LogP contribution in [0.5, 0.6) is 0 Å². The summed E-state index contributed by atoms with van der Waals surface area (Å²) in [7, 11) is 0.371. The quantitative estimate of drug-likeness (QED) is 0.714. The highest BCUT2D eigenvalue weighted by molar-refractivity contribution is 7.90. The Hall–Kier alpha value is -3.14. The monoisotopic (exact) mass is 418 g/mol. The Bertz CT molecular complexity index is 1010. The van der Waals surface area contributed by atoms with Crippen LogP contribution in [-0.4, -0.2) is 63.5 Å². The highest BCUT2D eigenvalue weighted by Crippen LogP contribution is 2.18. The smallest absolute Gasteiger partial charge is 0.340 e. The summed E-state index contributed by atoms with van der Waals surface area (Å²) < 4.78 is 32.0. The van der Waals surface area contributed by atoms with Gasteiger partial charge in [0.2, 0.25) is 0 Å². The number of carbonyl (C=O) groups is 2. The summed E-state index contributed by atoms with van der Waals surface area (Å²) in [6, 6.07) is 7.25. The molecule has 0 radical (unpaired) electrons. The molecule has 0 bridgehead atoms. The molecule has 154 valence electrons. The molecule has 1 unspecified atom stereocenters. The zero-order valence-electron chi connectivity index (χ0n) is 16.3. The molecule has 2 heterocycles. The Morgan fingerprint density at radius 3 is 2.55 bits per heavy atom. The minimum absolute atomic E-state index is 0.130. The Morgan fingerprint density at radius 1 is 1.21 bits per heavy atom. The van der Waals surface area contributed by atoms with E-state index in [1.807, 2.05) is 31.1 Å². The first-order chi connectivity index (χ1) is 13.6. The number of benzene rings is 1. The van der Waals surface area contributed by atoms with Crippen molar-refractivity contribution in [3.63, 3.8) is 0 Å². The number of amidine groups is 1. The van der Waals surface area contributed by atoms with Crippen LogP contribution >= 0.6 is 0 Å². The summed E-state index contributed by atoms with van der Waals surface area (Å²) >= 11 is 0. The molecule has 1 amide bonds. The molecule has 1 aromatic rings. The van der Waals surface area contributed by atoms with Gasteiger partial charge in [-0.3, -0.25) is 4.79 Å². The van der Waals surface area contributed by atoms with E-state index < -0.39 is 28.0 Å². The Labute approximate surface area is 169 Å². The third kappa shape index (κ3) is 5.02. The fourth-order valence-electron chi connectivity index (χ4n) is 2.69. The maximum Gasteiger partial charge on any atom is 0.340 e. The SMILES string of the molecule is CC(OC(=O)C1=CN2CCS(=O)(=O)N=C2C=C1)C(=O)Nc1ccc(N(C)C)cc1. The number of ether oxygens (including phenoxy) is 1. The van der Waals surface area contributed by atoms with Gasteiger partial charge in [-0.15, -0.1) is 4.40 Å². The van der Waals surface area contributed by atoms with Gasteiger partial charge in [0.05, 0.1) is 11.3 Å². The van der Waals surface area contributed by atoms with Gasteiger partial charge in [-0.25, -0.2) is 13.2 Å². The Kier molecular flexibility index (Phi) is 5.73. The standard InChI is InChI=1S/C19H22N4O5S/c1-13(18(24)20-15-5-7-16(8-6-15)22(2)3)28-19(25)14-4-9-17-21-29(26,27)11-10-23(17)12-14/h4-9,12-13H,10-11H2,1-3H3,(H,20,24). The van der Waals surface area contributed by atoms with E-state index in [2.05, 4.69) is 9.71 Å². The normalized spacial score (nSPS) is 18.1. The molecule has 1 N–H and O–H groups in total. The van der Waals surface area contributed by atoms with E-state index in [9.17, 15) is 18.0 Å². The summed E-state index contributed by atoms with van der Waals surface area (Å²) in [6.45, 7) is 1.68. The van der Waals surface area contributed by atoms with Crippen LogP contribution in [-0.2, 0) is 24.3 Å². The number of nitrogens with zero attached hydrogens (tertiary/aromatic N) is 3. The number of sulfonamides is 1. The van der Waals surface area contributed by atoms with Crippen molar-refractivity contribution in [3.05, 3.63) is 48.2 Å². The van der Waals surface area contributed by atoms with Crippen molar-refractivity contribution in [2.45, 2.75) is 13.0 Å². The molecule has 2 aliphatic heterocycles. The highest BCUT2D eigenvalue weighted by Gasteiger charge is 2.27. The van der Waals surface area contributed by atoms with Crippen LogP contribution in [0.1, 0.15) is 6.92 Å². The van der Waals surface area contributed by atoms with E-state index in [-0.39, 0.29) is 23.7 Å². The zero-order valence-corrected chi connectivity index (χ0v) is 17.1. The lowest BCUT2D eigenvalue weighted by Gasteiger charge is -2.27. The van der Waals surface area contributed by atoms with Crippen molar-refractivity contribution in [1.82, 2.24) is 4.90 Å². The largest absolute Gasteiger partial charge is 0.449 e. The summed E-state index contributed by atoms with van der Waals surface area (Å²) in [5.41, 5.74) is 1.79. The van der Waals surface area contributed by atoms with E-state index in [1.165, 1.54) is 25.3 Å². The van der Waals surface area contributed by atoms with E-state index >= 15 is 0 Å². The van der Waals surface area contributed by atoms with Crippen LogP contribution in [0.15, 0.2) is 52.6 Å². The number of nitrogens with one attached hydrogen (secondary N) is 1. The first kappa shape index (κ1) is 20.6. The maximum absolute atomic E-state index is 12.4. The Balaban J connectivity index is 1.60. The van der Waals surface area contributed by atoms with Gasteiger partial charge in [-0.05, 0) is 43.3 Å². The second kappa shape index (κ2) is 8.08. The molecule has 1 atom stereocenters. The minimum Gasteiger partial charge on any atom is -0.449 e. The topological polar surface area (TPSA) is 108 Å². The number of carbonyl (C=O) groups excluding carboxylic acids is 2. The lowest BCUT2D eigenvalue weighted by Crippen LogP contribution is -2.37. The zero-order chi connectivity index (χ0) is 21.2. The second-order valence-corrected chi connectivity index (χ2v) is 8.58. The highest BCUT2D eigenvalue weighted by atomic mass is 32.2. The van der Waals surface area contributed by atoms with E-state index in [1.54, 1.807) is 17.0 Å². The number of fused-ring (bicyclic) bond motifs is 1. The van der Waals surface area contributed by atoms with Crippen molar-refractivity contribution < 1.29 is 22.7 Å². The van der Waals surface area contributed by atoms with Crippen LogP contribution < -0.4 is 10.2 Å². The van der Waals surface area contributed by atoms with E-state index in [0.29, 0.717) is 5.69 Å². The van der Waals surface area contributed by atoms with Crippen LogP contribution in [0.3, 0.4) is 0 Å². The third-order valence-electron chi connectivity index (χ3n) is 4.36. The molecule has 29 heavy (non-hydrogen) atoms. The van der Waals surface area contributed by atoms with Crippen LogP contribution in [0, 0.1) is 0 Å². The van der Waals surface area contributed by atoms with Gasteiger partial charge in [-0.2, -0.15) is 0 Å². The lowest BCUT2D eigenvalue weighted by molar-refractivity contribution is -0.149. The molecular weight excluding hydrogens is 396 g/mol. The molecule has 0 aliphatic carbocycles. The predicted molar refractivity (Wildman–Crippen MR) is 110 cm³/mol. The first-order valence-corrected chi connectivity index (χ1v) is 10.5. The Morgan fingerprint density at radius 2 is 1.90 bits per heavy atom. The summed E-state index contributed by atoms with van der Waals surface area (Å²) in [4.78, 5) is 28.2. The maximum atomic E-state index is 12.4. The number of rotatable bonds is 5. The van der Waals surface area contributed by atoms with Crippen molar-refractivity contribution in [3.8, 4) is 0 Å².